The molecule has 2 aromatic rings. The Balaban J connectivity index is 1.95. The molecule has 0 saturated carbocycles. The highest BCUT2D eigenvalue weighted by molar-refractivity contribution is 5.24. The van der Waals surface area contributed by atoms with Crippen LogP contribution < -0.4 is 0 Å². The van der Waals surface area contributed by atoms with E-state index >= 15 is 0 Å². The molecule has 0 bridgehead atoms. The van der Waals surface area contributed by atoms with Gasteiger partial charge in [0.1, 0.15) is 0 Å². The average Bonchev–Trinajstić information content (AvgIpc) is 2.49. The molecule has 0 amide bonds. The van der Waals surface area contributed by atoms with Gasteiger partial charge >= 0.3 is 0 Å². The van der Waals surface area contributed by atoms with Gasteiger partial charge in [-0.2, -0.15) is 0 Å². The first-order chi connectivity index (χ1) is 8.95. The lowest BCUT2D eigenvalue weighted by Gasteiger charge is -2.27. The summed E-state index contributed by atoms with van der Waals surface area (Å²) in [6, 6.07) is 12.3. The Morgan fingerprint density at radius 1 is 0.722 bits per heavy atom. The molecule has 3 rings (SSSR count). The van der Waals surface area contributed by atoms with Crippen LogP contribution in [0.2, 0.25) is 0 Å². The van der Waals surface area contributed by atoms with Gasteiger partial charge in [0.05, 0.1) is 0 Å². The fourth-order valence-corrected chi connectivity index (χ4v) is 2.66. The first-order valence-electron chi connectivity index (χ1n) is 6.42. The second kappa shape index (κ2) is 5.13. The molecule has 0 aromatic carbocycles. The molecule has 2 heterocycles. The molecule has 2 nitrogen and oxygen atoms in total. The van der Waals surface area contributed by atoms with Crippen LogP contribution in [0, 0.1) is 0 Å². The third-order valence-electron chi connectivity index (χ3n) is 3.57. The molecule has 0 saturated heterocycles. The molecule has 0 fully saturated rings. The number of allylic oxidation sites excluding steroid dienone is 2. The summed E-state index contributed by atoms with van der Waals surface area (Å²) >= 11 is 0. The summed E-state index contributed by atoms with van der Waals surface area (Å²) in [4.78, 5) is 9.03. The van der Waals surface area contributed by atoms with E-state index in [1.54, 1.807) is 0 Å². The number of aromatic nitrogens is 2. The molecule has 0 radical (unpaired) electrons. The van der Waals surface area contributed by atoms with Crippen molar-refractivity contribution in [3.05, 3.63) is 72.3 Å². The summed E-state index contributed by atoms with van der Waals surface area (Å²) < 4.78 is 0. The Kier molecular flexibility index (Phi) is 3.18. The van der Waals surface area contributed by atoms with Crippen molar-refractivity contribution in [2.75, 3.05) is 0 Å². The third-order valence-corrected chi connectivity index (χ3v) is 3.57. The summed E-state index contributed by atoms with van der Waals surface area (Å²) in [6.07, 6.45) is 10.4. The van der Waals surface area contributed by atoms with Gasteiger partial charge in [-0.05, 0) is 37.1 Å². The molecular formula is C16H16N2. The van der Waals surface area contributed by atoms with E-state index < -0.39 is 0 Å². The van der Waals surface area contributed by atoms with Gasteiger partial charge in [-0.25, -0.2) is 0 Å². The molecule has 2 heteroatoms. The Labute approximate surface area is 107 Å². The minimum atomic E-state index is 0.450. The zero-order valence-electron chi connectivity index (χ0n) is 10.2. The zero-order chi connectivity index (χ0) is 12.2. The highest BCUT2D eigenvalue weighted by Crippen LogP contribution is 2.39. The maximum Gasteiger partial charge on any atom is 0.0444 e. The van der Waals surface area contributed by atoms with Crippen molar-refractivity contribution >= 4 is 0 Å². The van der Waals surface area contributed by atoms with Crippen LogP contribution in [0.3, 0.4) is 0 Å². The van der Waals surface area contributed by atoms with Crippen LogP contribution >= 0.6 is 0 Å². The average molecular weight is 236 g/mol. The largest absolute Gasteiger partial charge is 0.261 e. The minimum absolute atomic E-state index is 0.450. The van der Waals surface area contributed by atoms with E-state index in [1.807, 2.05) is 24.5 Å². The standard InChI is InChI=1S/C16H16N2/c1-2-8-14(16-10-4-6-12-18-16)13(7-1)15-9-3-5-11-17-15/h1-6,9-14H,7-8H2. The van der Waals surface area contributed by atoms with E-state index in [0.717, 1.165) is 12.8 Å². The smallest absolute Gasteiger partial charge is 0.0444 e. The Morgan fingerprint density at radius 2 is 1.22 bits per heavy atom. The van der Waals surface area contributed by atoms with Gasteiger partial charge in [-0.3, -0.25) is 9.97 Å². The van der Waals surface area contributed by atoms with Crippen LogP contribution in [-0.2, 0) is 0 Å². The fourth-order valence-electron chi connectivity index (χ4n) is 2.66. The number of hydrogen-bond donors (Lipinski definition) is 0. The fraction of sp³-hybridized carbons (Fsp3) is 0.250. The van der Waals surface area contributed by atoms with Gasteiger partial charge < -0.3 is 0 Å². The number of rotatable bonds is 2. The van der Waals surface area contributed by atoms with E-state index in [9.17, 15) is 0 Å². The Hall–Kier alpha value is -1.96. The van der Waals surface area contributed by atoms with E-state index in [1.165, 1.54) is 11.4 Å². The molecule has 2 atom stereocenters. The maximum absolute atomic E-state index is 4.52. The summed E-state index contributed by atoms with van der Waals surface area (Å²) in [5, 5.41) is 0. The number of hydrogen-bond acceptors (Lipinski definition) is 2. The Bertz CT molecular complexity index is 470. The molecule has 18 heavy (non-hydrogen) atoms. The van der Waals surface area contributed by atoms with Crippen LogP contribution in [0.15, 0.2) is 60.9 Å². The van der Waals surface area contributed by atoms with Crippen LogP contribution in [0.1, 0.15) is 36.1 Å². The normalized spacial score (nSPS) is 22.9. The van der Waals surface area contributed by atoms with Gasteiger partial charge in [0.15, 0.2) is 0 Å². The van der Waals surface area contributed by atoms with Crippen molar-refractivity contribution in [1.82, 2.24) is 9.97 Å². The van der Waals surface area contributed by atoms with Gasteiger partial charge in [-0.1, -0.05) is 24.3 Å². The van der Waals surface area contributed by atoms with Crippen LogP contribution in [0.4, 0.5) is 0 Å². The summed E-state index contributed by atoms with van der Waals surface area (Å²) in [6.45, 7) is 0. The molecule has 0 spiro atoms. The van der Waals surface area contributed by atoms with Gasteiger partial charge in [0.25, 0.3) is 0 Å². The lowest BCUT2D eigenvalue weighted by atomic mass is 9.78. The van der Waals surface area contributed by atoms with Crippen molar-refractivity contribution < 1.29 is 0 Å². The number of nitrogens with zero attached hydrogens (tertiary/aromatic N) is 2. The molecule has 1 aliphatic rings. The predicted octanol–water partition coefficient (Wildman–Crippen LogP) is 3.69. The van der Waals surface area contributed by atoms with Crippen molar-refractivity contribution in [1.29, 1.82) is 0 Å². The molecule has 0 N–H and O–H groups in total. The summed E-state index contributed by atoms with van der Waals surface area (Å²) in [5.41, 5.74) is 2.36. The van der Waals surface area contributed by atoms with Crippen molar-refractivity contribution in [3.63, 3.8) is 0 Å². The zero-order valence-corrected chi connectivity index (χ0v) is 10.2. The predicted molar refractivity (Wildman–Crippen MR) is 72.3 cm³/mol. The highest BCUT2D eigenvalue weighted by atomic mass is 14.7. The molecule has 2 aromatic heterocycles. The topological polar surface area (TPSA) is 25.8 Å². The van der Waals surface area contributed by atoms with Crippen molar-refractivity contribution in [2.24, 2.45) is 0 Å². The third kappa shape index (κ3) is 2.19. The Morgan fingerprint density at radius 3 is 1.61 bits per heavy atom. The maximum atomic E-state index is 4.52. The van der Waals surface area contributed by atoms with Gasteiger partial charge in [0.2, 0.25) is 0 Å². The van der Waals surface area contributed by atoms with Gasteiger partial charge in [-0.15, -0.1) is 0 Å². The lowest BCUT2D eigenvalue weighted by Crippen LogP contribution is -2.15. The van der Waals surface area contributed by atoms with Crippen molar-refractivity contribution in [3.8, 4) is 0 Å². The first-order valence-corrected chi connectivity index (χ1v) is 6.42. The number of pyridine rings is 2. The molecule has 0 aliphatic heterocycles. The van der Waals surface area contributed by atoms with Crippen LogP contribution in [-0.4, -0.2) is 9.97 Å². The van der Waals surface area contributed by atoms with Gasteiger partial charge in [0, 0.05) is 35.6 Å². The van der Waals surface area contributed by atoms with Crippen LogP contribution in [0.5, 0.6) is 0 Å². The summed E-state index contributed by atoms with van der Waals surface area (Å²) in [5.74, 6) is 0.900. The highest BCUT2D eigenvalue weighted by Gasteiger charge is 2.27. The van der Waals surface area contributed by atoms with E-state index in [-0.39, 0.29) is 0 Å². The quantitative estimate of drug-likeness (QED) is 0.743. The van der Waals surface area contributed by atoms with E-state index in [2.05, 4.69) is 46.4 Å². The molecule has 2 unspecified atom stereocenters. The van der Waals surface area contributed by atoms with E-state index in [0.29, 0.717) is 11.8 Å². The molecule has 90 valence electrons. The lowest BCUT2D eigenvalue weighted by molar-refractivity contribution is 0.505. The molecular weight excluding hydrogens is 220 g/mol. The molecule has 1 aliphatic carbocycles. The monoisotopic (exact) mass is 236 g/mol. The second-order valence-electron chi connectivity index (χ2n) is 4.67. The minimum Gasteiger partial charge on any atom is -0.261 e. The van der Waals surface area contributed by atoms with Crippen molar-refractivity contribution in [2.45, 2.75) is 24.7 Å². The second-order valence-corrected chi connectivity index (χ2v) is 4.67. The summed E-state index contributed by atoms with van der Waals surface area (Å²) in [7, 11) is 0. The SMILES string of the molecule is C1=CCC(c2ccccn2)C(c2ccccn2)C1. The van der Waals surface area contributed by atoms with Crippen LogP contribution in [0.25, 0.3) is 0 Å². The first kappa shape index (κ1) is 11.1. The van der Waals surface area contributed by atoms with E-state index in [4.69, 9.17) is 0 Å².